The molecule has 2 N–H and O–H groups in total. The molecular weight excluding hydrogens is 366 g/mol. The number of imide groups is 1. The number of amides is 4. The Morgan fingerprint density at radius 3 is 2.74 bits per heavy atom. The molecule has 1 aromatic carbocycles. The zero-order valence-electron chi connectivity index (χ0n) is 15.0. The number of fused-ring (bicyclic) bond motifs is 1. The molecule has 142 valence electrons. The van der Waals surface area contributed by atoms with Crippen molar-refractivity contribution < 1.29 is 18.8 Å². The van der Waals surface area contributed by atoms with Gasteiger partial charge in [-0.2, -0.15) is 16.8 Å². The van der Waals surface area contributed by atoms with E-state index < -0.39 is 17.5 Å². The number of furan rings is 1. The number of carbonyl (C=O) groups is 3. The number of nitrogens with zero attached hydrogens (tertiary/aromatic N) is 1. The van der Waals surface area contributed by atoms with Gasteiger partial charge in [0.05, 0.1) is 0 Å². The van der Waals surface area contributed by atoms with Gasteiger partial charge in [0.15, 0.2) is 5.76 Å². The molecule has 1 aromatic heterocycles. The second-order valence-electron chi connectivity index (χ2n) is 6.99. The zero-order valence-corrected chi connectivity index (χ0v) is 15.9. The fourth-order valence-electron chi connectivity index (χ4n) is 3.94. The van der Waals surface area contributed by atoms with E-state index >= 15 is 0 Å². The van der Waals surface area contributed by atoms with E-state index in [-0.39, 0.29) is 11.7 Å². The number of hydrogen-bond acceptors (Lipinski definition) is 5. The molecule has 0 radical (unpaired) electrons. The van der Waals surface area contributed by atoms with E-state index in [0.717, 1.165) is 35.2 Å². The van der Waals surface area contributed by atoms with Gasteiger partial charge in [0.1, 0.15) is 11.1 Å². The van der Waals surface area contributed by atoms with Gasteiger partial charge in [-0.25, -0.2) is 10.2 Å². The molecule has 2 aromatic rings. The van der Waals surface area contributed by atoms with Crippen molar-refractivity contribution in [2.75, 3.05) is 6.26 Å². The Bertz CT molecular complexity index is 917. The monoisotopic (exact) mass is 387 g/mol. The largest absolute Gasteiger partial charge is 0.451 e. The molecule has 4 rings (SSSR count). The average Bonchev–Trinajstić information content (AvgIpc) is 3.14. The topological polar surface area (TPSA) is 91.7 Å². The molecule has 2 aliphatic rings. The number of thioether (sulfide) groups is 1. The van der Waals surface area contributed by atoms with Crippen LogP contribution in [0.25, 0.3) is 11.0 Å². The predicted molar refractivity (Wildman–Crippen MR) is 102 cm³/mol. The van der Waals surface area contributed by atoms with Crippen molar-refractivity contribution in [2.24, 2.45) is 0 Å². The number of benzene rings is 1. The summed E-state index contributed by atoms with van der Waals surface area (Å²) in [5, 5.41) is 4.45. The second kappa shape index (κ2) is 6.92. The standard InChI is InChI=1S/C19H21N3O4S/c1-27-11-13-12-7-3-4-8-14(12)26-15(13)16(23)21-22-17(24)19(20-18(22)25)9-5-2-6-10-19/h3-4,7-8H,2,5-6,9-11H2,1H3,(H,20,25)(H,21,23). The summed E-state index contributed by atoms with van der Waals surface area (Å²) in [4.78, 5) is 38.0. The van der Waals surface area contributed by atoms with Gasteiger partial charge < -0.3 is 9.73 Å². The molecule has 2 heterocycles. The lowest BCUT2D eigenvalue weighted by atomic mass is 9.82. The number of urea groups is 1. The molecule has 1 aliphatic carbocycles. The molecule has 1 spiro atoms. The number of rotatable bonds is 4. The fourth-order valence-corrected chi connectivity index (χ4v) is 4.51. The Morgan fingerprint density at radius 2 is 2.00 bits per heavy atom. The van der Waals surface area contributed by atoms with Crippen LogP contribution in [0, 0.1) is 0 Å². The van der Waals surface area contributed by atoms with Crippen LogP contribution in [0.4, 0.5) is 4.79 Å². The Labute approximate surface area is 160 Å². The Hall–Kier alpha value is -2.48. The van der Waals surface area contributed by atoms with Gasteiger partial charge in [-0.15, -0.1) is 0 Å². The van der Waals surface area contributed by atoms with Crippen LogP contribution < -0.4 is 10.7 Å². The molecule has 27 heavy (non-hydrogen) atoms. The fraction of sp³-hybridized carbons (Fsp3) is 0.421. The lowest BCUT2D eigenvalue weighted by Crippen LogP contribution is -2.51. The summed E-state index contributed by atoms with van der Waals surface area (Å²) in [6.07, 6.45) is 5.96. The third-order valence-electron chi connectivity index (χ3n) is 5.28. The maximum atomic E-state index is 12.8. The first kappa shape index (κ1) is 17.9. The number of hydrazine groups is 1. The summed E-state index contributed by atoms with van der Waals surface area (Å²) >= 11 is 1.57. The van der Waals surface area contributed by atoms with Gasteiger partial charge in [0.25, 0.3) is 5.91 Å². The van der Waals surface area contributed by atoms with Crippen molar-refractivity contribution >= 4 is 40.6 Å². The van der Waals surface area contributed by atoms with Gasteiger partial charge >= 0.3 is 11.9 Å². The van der Waals surface area contributed by atoms with Crippen molar-refractivity contribution in [3.05, 3.63) is 35.6 Å². The van der Waals surface area contributed by atoms with Crippen LogP contribution in [0.1, 0.15) is 48.2 Å². The van der Waals surface area contributed by atoms with Gasteiger partial charge in [0, 0.05) is 16.7 Å². The van der Waals surface area contributed by atoms with E-state index in [0.29, 0.717) is 24.2 Å². The molecule has 0 bridgehead atoms. The van der Waals surface area contributed by atoms with Gasteiger partial charge in [0.2, 0.25) is 0 Å². The number of nitrogens with one attached hydrogen (secondary N) is 2. The molecule has 0 atom stereocenters. The normalized spacial score (nSPS) is 18.9. The highest BCUT2D eigenvalue weighted by Crippen LogP contribution is 2.33. The first-order valence-electron chi connectivity index (χ1n) is 9.03. The highest BCUT2D eigenvalue weighted by atomic mass is 32.2. The first-order valence-corrected chi connectivity index (χ1v) is 10.4. The van der Waals surface area contributed by atoms with Crippen LogP contribution in [0.5, 0.6) is 0 Å². The maximum Gasteiger partial charge on any atom is 0.344 e. The minimum absolute atomic E-state index is 0.135. The van der Waals surface area contributed by atoms with Crippen LogP contribution >= 0.6 is 11.8 Å². The molecule has 1 saturated heterocycles. The molecule has 1 aliphatic heterocycles. The number of carbonyl (C=O) groups excluding carboxylic acids is 3. The summed E-state index contributed by atoms with van der Waals surface area (Å²) in [7, 11) is 0. The van der Waals surface area contributed by atoms with Crippen LogP contribution in [-0.2, 0) is 10.5 Å². The molecule has 0 unspecified atom stereocenters. The van der Waals surface area contributed by atoms with Gasteiger partial charge in [-0.3, -0.25) is 9.59 Å². The van der Waals surface area contributed by atoms with Crippen LogP contribution in [0.2, 0.25) is 0 Å². The van der Waals surface area contributed by atoms with Crippen molar-refractivity contribution in [1.82, 2.24) is 15.8 Å². The summed E-state index contributed by atoms with van der Waals surface area (Å²) in [6.45, 7) is 0. The molecular formula is C19H21N3O4S. The maximum absolute atomic E-state index is 12.8. The molecule has 1 saturated carbocycles. The molecule has 2 fully saturated rings. The highest BCUT2D eigenvalue weighted by molar-refractivity contribution is 7.97. The van der Waals surface area contributed by atoms with E-state index in [1.807, 2.05) is 24.5 Å². The van der Waals surface area contributed by atoms with Crippen molar-refractivity contribution in [3.63, 3.8) is 0 Å². The van der Waals surface area contributed by atoms with E-state index in [1.165, 1.54) is 0 Å². The smallest absolute Gasteiger partial charge is 0.344 e. The Kier molecular flexibility index (Phi) is 4.59. The predicted octanol–water partition coefficient (Wildman–Crippen LogP) is 3.20. The molecule has 8 heteroatoms. The SMILES string of the molecule is CSCc1c(C(=O)NN2C(=O)NC3(CCCCC3)C2=O)oc2ccccc12. The minimum Gasteiger partial charge on any atom is -0.451 e. The van der Waals surface area contributed by atoms with Gasteiger partial charge in [-0.05, 0) is 25.2 Å². The Morgan fingerprint density at radius 1 is 1.26 bits per heavy atom. The van der Waals surface area contributed by atoms with E-state index in [9.17, 15) is 14.4 Å². The van der Waals surface area contributed by atoms with Gasteiger partial charge in [-0.1, -0.05) is 37.5 Å². The summed E-state index contributed by atoms with van der Waals surface area (Å²) in [6, 6.07) is 6.82. The molecule has 7 nitrogen and oxygen atoms in total. The number of hydrogen-bond donors (Lipinski definition) is 2. The van der Waals surface area contributed by atoms with Crippen molar-refractivity contribution in [3.8, 4) is 0 Å². The summed E-state index contributed by atoms with van der Waals surface area (Å²) < 4.78 is 5.74. The van der Waals surface area contributed by atoms with Crippen molar-refractivity contribution in [1.29, 1.82) is 0 Å². The molecule has 4 amide bonds. The lowest BCUT2D eigenvalue weighted by Gasteiger charge is -2.30. The first-order chi connectivity index (χ1) is 13.1. The second-order valence-corrected chi connectivity index (χ2v) is 7.86. The minimum atomic E-state index is -0.876. The third kappa shape index (κ3) is 2.97. The zero-order chi connectivity index (χ0) is 19.0. The van der Waals surface area contributed by atoms with E-state index in [4.69, 9.17) is 4.42 Å². The average molecular weight is 387 g/mol. The quantitative estimate of drug-likeness (QED) is 0.786. The summed E-state index contributed by atoms with van der Waals surface area (Å²) in [5.74, 6) is -0.255. The van der Waals surface area contributed by atoms with Crippen molar-refractivity contribution in [2.45, 2.75) is 43.4 Å². The third-order valence-corrected chi connectivity index (χ3v) is 5.85. The highest BCUT2D eigenvalue weighted by Gasteiger charge is 2.52. The number of para-hydroxylation sites is 1. The van der Waals surface area contributed by atoms with Crippen LogP contribution in [0.15, 0.2) is 28.7 Å². The Balaban J connectivity index is 1.61. The van der Waals surface area contributed by atoms with E-state index in [2.05, 4.69) is 10.7 Å². The summed E-state index contributed by atoms with van der Waals surface area (Å²) in [5.41, 5.74) is 2.94. The van der Waals surface area contributed by atoms with E-state index in [1.54, 1.807) is 17.8 Å². The van der Waals surface area contributed by atoms with Crippen LogP contribution in [-0.4, -0.2) is 34.6 Å². The van der Waals surface area contributed by atoms with Crippen LogP contribution in [0.3, 0.4) is 0 Å². The lowest BCUT2D eigenvalue weighted by molar-refractivity contribution is -0.134.